The summed E-state index contributed by atoms with van der Waals surface area (Å²) in [6.45, 7) is 2.92. The van der Waals surface area contributed by atoms with Crippen LogP contribution in [0.2, 0.25) is 5.02 Å². The van der Waals surface area contributed by atoms with Gasteiger partial charge < -0.3 is 9.88 Å². The van der Waals surface area contributed by atoms with Gasteiger partial charge in [-0.3, -0.25) is 4.79 Å². The van der Waals surface area contributed by atoms with E-state index >= 15 is 0 Å². The summed E-state index contributed by atoms with van der Waals surface area (Å²) in [5.41, 5.74) is 1.18. The molecule has 140 valence electrons. The molecule has 1 aromatic heterocycles. The van der Waals surface area contributed by atoms with Gasteiger partial charge in [-0.05, 0) is 43.5 Å². The predicted octanol–water partition coefficient (Wildman–Crippen LogP) is 2.95. The van der Waals surface area contributed by atoms with Gasteiger partial charge in [0.2, 0.25) is 10.0 Å². The Bertz CT molecular complexity index is 918. The highest BCUT2D eigenvalue weighted by atomic mass is 35.5. The molecule has 0 radical (unpaired) electrons. The molecular formula is C18H22ClN3O3S. The van der Waals surface area contributed by atoms with Crippen molar-refractivity contribution in [3.8, 4) is 0 Å². The molecule has 0 aliphatic carbocycles. The number of hydrogen-bond donors (Lipinski definition) is 1. The van der Waals surface area contributed by atoms with Crippen LogP contribution in [0.15, 0.2) is 41.4 Å². The van der Waals surface area contributed by atoms with E-state index < -0.39 is 10.0 Å². The van der Waals surface area contributed by atoms with Gasteiger partial charge in [0.05, 0.1) is 6.04 Å². The zero-order chi connectivity index (χ0) is 18.9. The number of hydrogen-bond acceptors (Lipinski definition) is 3. The summed E-state index contributed by atoms with van der Waals surface area (Å²) in [5.74, 6) is -0.331. The summed E-state index contributed by atoms with van der Waals surface area (Å²) in [4.78, 5) is 12.8. The molecule has 0 spiro atoms. The Morgan fingerprint density at radius 3 is 2.58 bits per heavy atom. The first-order valence-corrected chi connectivity index (χ1v) is 10.3. The lowest BCUT2D eigenvalue weighted by Gasteiger charge is -2.15. The van der Waals surface area contributed by atoms with Crippen LogP contribution in [0.3, 0.4) is 0 Å². The van der Waals surface area contributed by atoms with E-state index in [0.29, 0.717) is 23.8 Å². The summed E-state index contributed by atoms with van der Waals surface area (Å²) < 4.78 is 28.4. The van der Waals surface area contributed by atoms with Crippen LogP contribution >= 0.6 is 11.6 Å². The summed E-state index contributed by atoms with van der Waals surface area (Å²) in [6.07, 6.45) is 3.24. The number of carbonyl (C=O) groups excluding carboxylic acids is 1. The second-order valence-corrected chi connectivity index (χ2v) is 8.91. The molecule has 1 N–H and O–H groups in total. The normalized spacial score (nSPS) is 16.6. The molecule has 1 saturated heterocycles. The minimum absolute atomic E-state index is 0.155. The predicted molar refractivity (Wildman–Crippen MR) is 101 cm³/mol. The Hall–Kier alpha value is -1.83. The number of aromatic nitrogens is 1. The van der Waals surface area contributed by atoms with Gasteiger partial charge in [0.15, 0.2) is 0 Å². The highest BCUT2D eigenvalue weighted by Gasteiger charge is 2.29. The third kappa shape index (κ3) is 3.79. The Balaban J connectivity index is 1.79. The maximum atomic E-state index is 12.7. The van der Waals surface area contributed by atoms with Gasteiger partial charge in [-0.25, -0.2) is 8.42 Å². The van der Waals surface area contributed by atoms with Gasteiger partial charge >= 0.3 is 0 Å². The number of sulfonamides is 1. The highest BCUT2D eigenvalue weighted by Crippen LogP contribution is 2.23. The molecule has 1 amide bonds. The number of carbonyl (C=O) groups is 1. The molecule has 1 aliphatic rings. The molecule has 0 bridgehead atoms. The van der Waals surface area contributed by atoms with Crippen molar-refractivity contribution in [3.05, 3.63) is 52.8 Å². The third-order valence-electron chi connectivity index (χ3n) is 4.61. The van der Waals surface area contributed by atoms with Gasteiger partial charge in [-0.1, -0.05) is 23.7 Å². The lowest BCUT2D eigenvalue weighted by molar-refractivity contribution is 0.0931. The molecule has 2 aromatic rings. The monoisotopic (exact) mass is 395 g/mol. The molecule has 2 heterocycles. The van der Waals surface area contributed by atoms with E-state index in [0.717, 1.165) is 18.4 Å². The number of nitrogens with one attached hydrogen (secondary N) is 1. The molecule has 1 atom stereocenters. The van der Waals surface area contributed by atoms with Crippen LogP contribution in [0.4, 0.5) is 0 Å². The SMILES string of the molecule is CC(NC(=O)c1cc(S(=O)(=O)N2CCCC2)cn1C)c1cccc(Cl)c1. The lowest BCUT2D eigenvalue weighted by Crippen LogP contribution is -2.28. The Kier molecular flexibility index (Phi) is 5.41. The van der Waals surface area contributed by atoms with Crippen LogP contribution in [0, 0.1) is 0 Å². The van der Waals surface area contributed by atoms with Crippen molar-refractivity contribution in [2.75, 3.05) is 13.1 Å². The number of nitrogens with zero attached hydrogens (tertiary/aromatic N) is 2. The van der Waals surface area contributed by atoms with E-state index in [4.69, 9.17) is 11.6 Å². The van der Waals surface area contributed by atoms with E-state index in [1.165, 1.54) is 16.6 Å². The standard InChI is InChI=1S/C18H22ClN3O3S/c1-13(14-6-5-7-15(19)10-14)20-18(23)17-11-16(12-21(17)2)26(24,25)22-8-3-4-9-22/h5-7,10-13H,3-4,8-9H2,1-2H3,(H,20,23). The second kappa shape index (κ2) is 7.42. The highest BCUT2D eigenvalue weighted by molar-refractivity contribution is 7.89. The maximum Gasteiger partial charge on any atom is 0.268 e. The quantitative estimate of drug-likeness (QED) is 0.846. The zero-order valence-corrected chi connectivity index (χ0v) is 16.3. The van der Waals surface area contributed by atoms with Crippen molar-refractivity contribution in [1.82, 2.24) is 14.2 Å². The van der Waals surface area contributed by atoms with E-state index in [2.05, 4.69) is 5.32 Å². The van der Waals surface area contributed by atoms with Crippen molar-refractivity contribution in [2.45, 2.75) is 30.7 Å². The number of rotatable bonds is 5. The fraction of sp³-hybridized carbons (Fsp3) is 0.389. The van der Waals surface area contributed by atoms with Crippen LogP contribution in [0.25, 0.3) is 0 Å². The number of amides is 1. The van der Waals surface area contributed by atoms with Crippen LogP contribution < -0.4 is 5.32 Å². The smallest absolute Gasteiger partial charge is 0.268 e. The first kappa shape index (κ1) is 18.9. The zero-order valence-electron chi connectivity index (χ0n) is 14.8. The largest absolute Gasteiger partial charge is 0.345 e. The summed E-state index contributed by atoms with van der Waals surface area (Å²) in [7, 11) is -1.88. The maximum absolute atomic E-state index is 12.7. The van der Waals surface area contributed by atoms with E-state index in [1.54, 1.807) is 23.7 Å². The van der Waals surface area contributed by atoms with Gasteiger partial charge in [0.1, 0.15) is 10.6 Å². The summed E-state index contributed by atoms with van der Waals surface area (Å²) >= 11 is 6.00. The second-order valence-electron chi connectivity index (χ2n) is 6.53. The number of benzene rings is 1. The molecule has 0 saturated carbocycles. The fourth-order valence-corrected chi connectivity index (χ4v) is 4.90. The average molecular weight is 396 g/mol. The van der Waals surface area contributed by atoms with Crippen LogP contribution in [0.5, 0.6) is 0 Å². The fourth-order valence-electron chi connectivity index (χ4n) is 3.11. The first-order valence-electron chi connectivity index (χ1n) is 8.52. The van der Waals surface area contributed by atoms with Crippen LogP contribution in [-0.2, 0) is 17.1 Å². The van der Waals surface area contributed by atoms with Crippen LogP contribution in [0.1, 0.15) is 41.9 Å². The van der Waals surface area contributed by atoms with Crippen molar-refractivity contribution in [3.63, 3.8) is 0 Å². The minimum atomic E-state index is -3.55. The van der Waals surface area contributed by atoms with E-state index in [-0.39, 0.29) is 16.8 Å². The molecule has 3 rings (SSSR count). The molecule has 1 aliphatic heterocycles. The molecule has 1 unspecified atom stereocenters. The Morgan fingerprint density at radius 2 is 1.92 bits per heavy atom. The third-order valence-corrected chi connectivity index (χ3v) is 6.71. The number of aryl methyl sites for hydroxylation is 1. The Labute approximate surface area is 158 Å². The molecule has 1 aromatic carbocycles. The summed E-state index contributed by atoms with van der Waals surface area (Å²) in [6, 6.07) is 8.45. The molecule has 6 nitrogen and oxygen atoms in total. The topological polar surface area (TPSA) is 71.4 Å². The van der Waals surface area contributed by atoms with Crippen molar-refractivity contribution < 1.29 is 13.2 Å². The number of halogens is 1. The Morgan fingerprint density at radius 1 is 1.23 bits per heavy atom. The van der Waals surface area contributed by atoms with E-state index in [9.17, 15) is 13.2 Å². The van der Waals surface area contributed by atoms with Crippen molar-refractivity contribution in [2.24, 2.45) is 7.05 Å². The minimum Gasteiger partial charge on any atom is -0.345 e. The van der Waals surface area contributed by atoms with Gasteiger partial charge in [0, 0.05) is 31.4 Å². The van der Waals surface area contributed by atoms with Gasteiger partial charge in [0.25, 0.3) is 5.91 Å². The van der Waals surface area contributed by atoms with Crippen molar-refractivity contribution in [1.29, 1.82) is 0 Å². The molecule has 1 fully saturated rings. The van der Waals surface area contributed by atoms with E-state index in [1.807, 2.05) is 19.1 Å². The van der Waals surface area contributed by atoms with Gasteiger partial charge in [-0.2, -0.15) is 4.31 Å². The summed E-state index contributed by atoms with van der Waals surface area (Å²) in [5, 5.41) is 3.49. The average Bonchev–Trinajstić information content (AvgIpc) is 3.24. The first-order chi connectivity index (χ1) is 12.3. The molecule has 8 heteroatoms. The van der Waals surface area contributed by atoms with Gasteiger partial charge in [-0.15, -0.1) is 0 Å². The molecular weight excluding hydrogens is 374 g/mol. The lowest BCUT2D eigenvalue weighted by atomic mass is 10.1. The molecule has 26 heavy (non-hydrogen) atoms. The van der Waals surface area contributed by atoms with Crippen LogP contribution in [-0.4, -0.2) is 36.3 Å². The van der Waals surface area contributed by atoms with Crippen molar-refractivity contribution >= 4 is 27.5 Å².